The van der Waals surface area contributed by atoms with Crippen LogP contribution in [0.2, 0.25) is 0 Å². The zero-order valence-corrected chi connectivity index (χ0v) is 13.6. The summed E-state index contributed by atoms with van der Waals surface area (Å²) in [6, 6.07) is 21.7. The second-order valence-corrected chi connectivity index (χ2v) is 6.70. The third kappa shape index (κ3) is 2.95. The average molecular weight is 324 g/mol. The van der Waals surface area contributed by atoms with Crippen molar-refractivity contribution in [1.29, 1.82) is 0 Å². The van der Waals surface area contributed by atoms with Crippen LogP contribution in [0.25, 0.3) is 0 Å². The van der Waals surface area contributed by atoms with Crippen LogP contribution in [0.4, 0.5) is 0 Å². The molecule has 0 saturated carbocycles. The van der Waals surface area contributed by atoms with Gasteiger partial charge < -0.3 is 10.6 Å². The molecular formula is C18H20N4S. The number of hydrazine groups is 1. The van der Waals surface area contributed by atoms with Gasteiger partial charge in [0.25, 0.3) is 0 Å². The molecule has 0 aromatic heterocycles. The maximum Gasteiger partial charge on any atom is 0.182 e. The Balaban J connectivity index is 1.67. The summed E-state index contributed by atoms with van der Waals surface area (Å²) >= 11 is 5.28. The Hall–Kier alpha value is -1.95. The molecule has 2 atom stereocenters. The molecule has 1 spiro atoms. The van der Waals surface area contributed by atoms with Crippen LogP contribution >= 0.6 is 12.2 Å². The quantitative estimate of drug-likeness (QED) is 0.640. The van der Waals surface area contributed by atoms with E-state index in [1.807, 2.05) is 0 Å². The van der Waals surface area contributed by atoms with E-state index in [-0.39, 0.29) is 17.7 Å². The van der Waals surface area contributed by atoms with E-state index < -0.39 is 0 Å². The van der Waals surface area contributed by atoms with E-state index in [2.05, 4.69) is 82.1 Å². The largest absolute Gasteiger partial charge is 0.342 e. The molecule has 4 nitrogen and oxygen atoms in total. The van der Waals surface area contributed by atoms with Crippen LogP contribution in [0.1, 0.15) is 36.1 Å². The summed E-state index contributed by atoms with van der Waals surface area (Å²) < 4.78 is 0. The zero-order valence-electron chi connectivity index (χ0n) is 12.8. The Labute approximate surface area is 141 Å². The van der Waals surface area contributed by atoms with Crippen LogP contribution < -0.4 is 21.5 Å². The first-order valence-corrected chi connectivity index (χ1v) is 8.36. The average Bonchev–Trinajstić information content (AvgIpc) is 2.96. The van der Waals surface area contributed by atoms with Gasteiger partial charge in [0.05, 0.1) is 0 Å². The zero-order chi connectivity index (χ0) is 15.7. The van der Waals surface area contributed by atoms with E-state index in [0.29, 0.717) is 5.11 Å². The predicted molar refractivity (Wildman–Crippen MR) is 95.5 cm³/mol. The number of rotatable bonds is 2. The SMILES string of the molecule is S=C1NNC2(CC(c3ccccc3)NC(c3ccccc3)C2)N1. The van der Waals surface area contributed by atoms with Crippen molar-refractivity contribution in [3.63, 3.8) is 0 Å². The lowest BCUT2D eigenvalue weighted by atomic mass is 9.83. The van der Waals surface area contributed by atoms with Crippen LogP contribution in [-0.4, -0.2) is 10.8 Å². The summed E-state index contributed by atoms with van der Waals surface area (Å²) in [6.45, 7) is 0. The van der Waals surface area contributed by atoms with Crippen molar-refractivity contribution in [1.82, 2.24) is 21.5 Å². The fourth-order valence-corrected chi connectivity index (χ4v) is 3.85. The molecule has 0 amide bonds. The highest BCUT2D eigenvalue weighted by Crippen LogP contribution is 2.38. The summed E-state index contributed by atoms with van der Waals surface area (Å²) in [5, 5.41) is 7.91. The molecule has 23 heavy (non-hydrogen) atoms. The molecule has 2 heterocycles. The van der Waals surface area contributed by atoms with E-state index in [9.17, 15) is 0 Å². The molecule has 4 rings (SSSR count). The van der Waals surface area contributed by atoms with Crippen molar-refractivity contribution in [3.05, 3.63) is 71.8 Å². The summed E-state index contributed by atoms with van der Waals surface area (Å²) in [7, 11) is 0. The molecule has 118 valence electrons. The Morgan fingerprint density at radius 1 is 0.826 bits per heavy atom. The third-order valence-corrected chi connectivity index (χ3v) is 4.88. The molecule has 4 N–H and O–H groups in total. The van der Waals surface area contributed by atoms with Gasteiger partial charge >= 0.3 is 0 Å². The van der Waals surface area contributed by atoms with Crippen LogP contribution in [0.5, 0.6) is 0 Å². The van der Waals surface area contributed by atoms with E-state index in [0.717, 1.165) is 12.8 Å². The molecule has 0 aliphatic carbocycles. The summed E-state index contributed by atoms with van der Waals surface area (Å²) in [6.07, 6.45) is 1.85. The van der Waals surface area contributed by atoms with Gasteiger partial charge in [0, 0.05) is 24.9 Å². The molecule has 2 aliphatic rings. The first-order chi connectivity index (χ1) is 11.2. The van der Waals surface area contributed by atoms with Crippen LogP contribution in [0, 0.1) is 0 Å². The second-order valence-electron chi connectivity index (χ2n) is 6.29. The van der Waals surface area contributed by atoms with Crippen molar-refractivity contribution in [2.45, 2.75) is 30.6 Å². The van der Waals surface area contributed by atoms with Crippen molar-refractivity contribution in [3.8, 4) is 0 Å². The van der Waals surface area contributed by atoms with Gasteiger partial charge in [-0.2, -0.15) is 0 Å². The molecule has 5 heteroatoms. The molecule has 0 bridgehead atoms. The second kappa shape index (κ2) is 5.92. The van der Waals surface area contributed by atoms with E-state index in [1.54, 1.807) is 0 Å². The van der Waals surface area contributed by atoms with Gasteiger partial charge in [-0.1, -0.05) is 60.7 Å². The van der Waals surface area contributed by atoms with Crippen molar-refractivity contribution in [2.75, 3.05) is 0 Å². The van der Waals surface area contributed by atoms with E-state index >= 15 is 0 Å². The number of hydrogen-bond acceptors (Lipinski definition) is 3. The van der Waals surface area contributed by atoms with Gasteiger partial charge in [-0.05, 0) is 23.3 Å². The smallest absolute Gasteiger partial charge is 0.182 e. The molecule has 0 radical (unpaired) electrons. The lowest BCUT2D eigenvalue weighted by Crippen LogP contribution is -2.58. The highest BCUT2D eigenvalue weighted by atomic mass is 32.1. The standard InChI is InChI=1S/C18H20N4S/c23-17-20-18(22-21-17)11-15(13-7-3-1-4-8-13)19-16(12-18)14-9-5-2-6-10-14/h1-10,15-16,19,22H,11-12H2,(H2,20,21,23). The molecule has 2 aliphatic heterocycles. The molecule has 2 aromatic rings. The van der Waals surface area contributed by atoms with Crippen LogP contribution in [0.15, 0.2) is 60.7 Å². The van der Waals surface area contributed by atoms with Crippen molar-refractivity contribution in [2.24, 2.45) is 0 Å². The lowest BCUT2D eigenvalue weighted by Gasteiger charge is -2.43. The summed E-state index contributed by atoms with van der Waals surface area (Å²) in [5.74, 6) is 0. The van der Waals surface area contributed by atoms with Crippen molar-refractivity contribution < 1.29 is 0 Å². The number of hydrogen-bond donors (Lipinski definition) is 4. The minimum Gasteiger partial charge on any atom is -0.342 e. The highest BCUT2D eigenvalue weighted by Gasteiger charge is 2.44. The van der Waals surface area contributed by atoms with Gasteiger partial charge in [-0.3, -0.25) is 5.43 Å². The topological polar surface area (TPSA) is 48.1 Å². The Bertz CT molecular complexity index is 641. The highest BCUT2D eigenvalue weighted by molar-refractivity contribution is 7.80. The molecule has 2 unspecified atom stereocenters. The molecular weight excluding hydrogens is 304 g/mol. The minimum atomic E-state index is -0.219. The predicted octanol–water partition coefficient (Wildman–Crippen LogP) is 2.53. The number of piperidine rings is 1. The Morgan fingerprint density at radius 3 is 1.78 bits per heavy atom. The summed E-state index contributed by atoms with van der Waals surface area (Å²) in [4.78, 5) is 0. The Morgan fingerprint density at radius 2 is 1.35 bits per heavy atom. The first kappa shape index (κ1) is 14.6. The maximum atomic E-state index is 5.28. The molecule has 2 fully saturated rings. The van der Waals surface area contributed by atoms with Crippen LogP contribution in [-0.2, 0) is 0 Å². The maximum absolute atomic E-state index is 5.28. The minimum absolute atomic E-state index is 0.219. The number of benzene rings is 2. The van der Waals surface area contributed by atoms with E-state index in [4.69, 9.17) is 12.2 Å². The summed E-state index contributed by atoms with van der Waals surface area (Å²) in [5.41, 5.74) is 8.83. The normalized spacial score (nSPS) is 30.0. The van der Waals surface area contributed by atoms with Gasteiger partial charge in [0.15, 0.2) is 5.11 Å². The fraction of sp³-hybridized carbons (Fsp3) is 0.278. The van der Waals surface area contributed by atoms with Gasteiger partial charge in [0.2, 0.25) is 0 Å². The third-order valence-electron chi connectivity index (χ3n) is 4.68. The van der Waals surface area contributed by atoms with Gasteiger partial charge in [-0.15, -0.1) is 0 Å². The fourth-order valence-electron chi connectivity index (χ4n) is 3.60. The molecule has 2 aromatic carbocycles. The van der Waals surface area contributed by atoms with Gasteiger partial charge in [0.1, 0.15) is 5.66 Å². The monoisotopic (exact) mass is 324 g/mol. The number of nitrogens with one attached hydrogen (secondary N) is 4. The molecule has 2 saturated heterocycles. The van der Waals surface area contributed by atoms with Gasteiger partial charge in [-0.25, -0.2) is 5.43 Å². The first-order valence-electron chi connectivity index (χ1n) is 7.95. The lowest BCUT2D eigenvalue weighted by molar-refractivity contribution is 0.161. The van der Waals surface area contributed by atoms with Crippen molar-refractivity contribution >= 4 is 17.3 Å². The van der Waals surface area contributed by atoms with E-state index in [1.165, 1.54) is 11.1 Å². The Kier molecular flexibility index (Phi) is 3.77. The van der Waals surface area contributed by atoms with Crippen LogP contribution in [0.3, 0.4) is 0 Å². The number of thiocarbonyl (C=S) groups is 1.